The van der Waals surface area contributed by atoms with Crippen molar-refractivity contribution in [1.29, 1.82) is 0 Å². The number of aromatic nitrogens is 1. The van der Waals surface area contributed by atoms with Crippen molar-refractivity contribution in [2.24, 2.45) is 13.0 Å². The summed E-state index contributed by atoms with van der Waals surface area (Å²) in [7, 11) is 3.17. The van der Waals surface area contributed by atoms with Crippen LogP contribution in [0.15, 0.2) is 18.2 Å². The number of hydrogen-bond acceptors (Lipinski definition) is 4. The lowest BCUT2D eigenvalue weighted by Crippen LogP contribution is -2.39. The molecule has 1 aromatic heterocycles. The van der Waals surface area contributed by atoms with Gasteiger partial charge in [0.25, 0.3) is 0 Å². The summed E-state index contributed by atoms with van der Waals surface area (Å²) in [6.07, 6.45) is 2.34. The van der Waals surface area contributed by atoms with E-state index >= 15 is 0 Å². The summed E-state index contributed by atoms with van der Waals surface area (Å²) in [6, 6.07) is 5.86. The molecule has 2 aromatic rings. The third-order valence-electron chi connectivity index (χ3n) is 5.19. The number of nitrogens with one attached hydrogen (secondary N) is 1. The first-order valence-corrected chi connectivity index (χ1v) is 9.11. The highest BCUT2D eigenvalue weighted by molar-refractivity contribution is 6.12. The van der Waals surface area contributed by atoms with E-state index in [-0.39, 0.29) is 5.91 Å². The molecule has 0 aliphatic carbocycles. The summed E-state index contributed by atoms with van der Waals surface area (Å²) in [6.45, 7) is 6.41. The van der Waals surface area contributed by atoms with Crippen LogP contribution in [0.3, 0.4) is 0 Å². The number of piperidine rings is 1. The zero-order valence-electron chi connectivity index (χ0n) is 16.0. The van der Waals surface area contributed by atoms with Gasteiger partial charge in [-0.15, -0.1) is 0 Å². The first-order valence-electron chi connectivity index (χ1n) is 9.11. The Bertz CT molecular complexity index is 840. The van der Waals surface area contributed by atoms with Crippen LogP contribution in [0, 0.1) is 12.8 Å². The lowest BCUT2D eigenvalue weighted by atomic mass is 10.0. The molecule has 140 valence electrons. The van der Waals surface area contributed by atoms with Crippen LogP contribution in [0.5, 0.6) is 0 Å². The topological polar surface area (TPSA) is 63.6 Å². The van der Waals surface area contributed by atoms with Crippen molar-refractivity contribution in [3.63, 3.8) is 0 Å². The fourth-order valence-corrected chi connectivity index (χ4v) is 3.93. The maximum absolute atomic E-state index is 12.7. The number of carbonyl (C=O) groups excluding carboxylic acids is 2. The van der Waals surface area contributed by atoms with Gasteiger partial charge in [0.15, 0.2) is 5.69 Å². The molecule has 6 heteroatoms. The number of benzene rings is 1. The molecule has 0 saturated carbocycles. The molecule has 1 saturated heterocycles. The predicted octanol–water partition coefficient (Wildman–Crippen LogP) is 2.94. The van der Waals surface area contributed by atoms with E-state index in [1.165, 1.54) is 13.5 Å². The van der Waals surface area contributed by atoms with Crippen LogP contribution >= 0.6 is 0 Å². The lowest BCUT2D eigenvalue weighted by molar-refractivity contribution is -0.117. The second kappa shape index (κ2) is 7.50. The number of methoxy groups -OCH3 is 1. The quantitative estimate of drug-likeness (QED) is 0.855. The summed E-state index contributed by atoms with van der Waals surface area (Å²) >= 11 is 0. The van der Waals surface area contributed by atoms with Gasteiger partial charge in [-0.3, -0.25) is 9.69 Å². The van der Waals surface area contributed by atoms with Crippen molar-refractivity contribution in [2.75, 3.05) is 32.1 Å². The van der Waals surface area contributed by atoms with Gasteiger partial charge >= 0.3 is 5.97 Å². The SMILES string of the molecule is COC(=O)c1c(NC(=O)CN2CCC[C@@H](C)C2)c2c(C)cccc2n1C. The number of esters is 1. The van der Waals surface area contributed by atoms with Crippen molar-refractivity contribution in [2.45, 2.75) is 26.7 Å². The normalized spacial score (nSPS) is 18.1. The molecule has 1 fully saturated rings. The largest absolute Gasteiger partial charge is 0.464 e. The fraction of sp³-hybridized carbons (Fsp3) is 0.500. The molecule has 1 N–H and O–H groups in total. The van der Waals surface area contributed by atoms with E-state index in [4.69, 9.17) is 4.74 Å². The van der Waals surface area contributed by atoms with Crippen molar-refractivity contribution in [3.05, 3.63) is 29.5 Å². The molecule has 6 nitrogen and oxygen atoms in total. The van der Waals surface area contributed by atoms with E-state index in [1.54, 1.807) is 4.57 Å². The lowest BCUT2D eigenvalue weighted by Gasteiger charge is -2.30. The standard InChI is InChI=1S/C20H27N3O3/c1-13-7-6-10-23(11-13)12-16(24)21-18-17-14(2)8-5-9-15(17)22(3)19(18)20(25)26-4/h5,8-9,13H,6-7,10-12H2,1-4H3,(H,21,24)/t13-/m1/s1. The highest BCUT2D eigenvalue weighted by Crippen LogP contribution is 2.33. The highest BCUT2D eigenvalue weighted by Gasteiger charge is 2.25. The van der Waals surface area contributed by atoms with Crippen LogP contribution in [0.25, 0.3) is 10.9 Å². The molecule has 1 aliphatic rings. The third-order valence-corrected chi connectivity index (χ3v) is 5.19. The Morgan fingerprint density at radius 2 is 2.12 bits per heavy atom. The number of carbonyl (C=O) groups is 2. The number of nitrogens with zero attached hydrogens (tertiary/aromatic N) is 2. The maximum atomic E-state index is 12.7. The zero-order valence-corrected chi connectivity index (χ0v) is 16.0. The smallest absolute Gasteiger partial charge is 0.356 e. The van der Waals surface area contributed by atoms with Gasteiger partial charge in [-0.25, -0.2) is 4.79 Å². The summed E-state index contributed by atoms with van der Waals surface area (Å²) in [5.41, 5.74) is 2.82. The summed E-state index contributed by atoms with van der Waals surface area (Å²) < 4.78 is 6.74. The van der Waals surface area contributed by atoms with E-state index in [0.717, 1.165) is 36.0 Å². The van der Waals surface area contributed by atoms with E-state index in [2.05, 4.69) is 17.1 Å². The summed E-state index contributed by atoms with van der Waals surface area (Å²) in [5, 5.41) is 3.88. The summed E-state index contributed by atoms with van der Waals surface area (Å²) in [5.74, 6) is 0.0620. The van der Waals surface area contributed by atoms with Crippen molar-refractivity contribution in [1.82, 2.24) is 9.47 Å². The third kappa shape index (κ3) is 3.46. The highest BCUT2D eigenvalue weighted by atomic mass is 16.5. The average molecular weight is 357 g/mol. The van der Waals surface area contributed by atoms with Gasteiger partial charge in [0.2, 0.25) is 5.91 Å². The predicted molar refractivity (Wildman–Crippen MR) is 102 cm³/mol. The van der Waals surface area contributed by atoms with Crippen LogP contribution in [-0.2, 0) is 16.6 Å². The van der Waals surface area contributed by atoms with Crippen LogP contribution in [0.2, 0.25) is 0 Å². The summed E-state index contributed by atoms with van der Waals surface area (Å²) in [4.78, 5) is 27.2. The number of likely N-dealkylation sites (tertiary alicyclic amines) is 1. The van der Waals surface area contributed by atoms with Crippen LogP contribution in [-0.4, -0.2) is 48.1 Å². The second-order valence-electron chi connectivity index (χ2n) is 7.27. The van der Waals surface area contributed by atoms with Gasteiger partial charge in [-0.05, 0) is 43.9 Å². The molecule has 1 aromatic carbocycles. The van der Waals surface area contributed by atoms with Gasteiger partial charge in [0.05, 0.1) is 24.9 Å². The first-order chi connectivity index (χ1) is 12.4. The minimum Gasteiger partial charge on any atom is -0.464 e. The number of fused-ring (bicyclic) bond motifs is 1. The number of ether oxygens (including phenoxy) is 1. The molecule has 0 spiro atoms. The Hall–Kier alpha value is -2.34. The molecule has 2 heterocycles. The zero-order chi connectivity index (χ0) is 18.8. The number of hydrogen-bond donors (Lipinski definition) is 1. The molecule has 3 rings (SSSR count). The maximum Gasteiger partial charge on any atom is 0.356 e. The van der Waals surface area contributed by atoms with E-state index < -0.39 is 5.97 Å². The van der Waals surface area contributed by atoms with E-state index in [0.29, 0.717) is 23.8 Å². The Balaban J connectivity index is 1.93. The van der Waals surface area contributed by atoms with E-state index in [9.17, 15) is 9.59 Å². The molecular weight excluding hydrogens is 330 g/mol. The number of aryl methyl sites for hydroxylation is 2. The Labute approximate surface area is 154 Å². The number of rotatable bonds is 4. The first kappa shape index (κ1) is 18.5. The van der Waals surface area contributed by atoms with Crippen molar-refractivity contribution < 1.29 is 14.3 Å². The number of anilines is 1. The molecule has 26 heavy (non-hydrogen) atoms. The van der Waals surface area contributed by atoms with Crippen LogP contribution < -0.4 is 5.32 Å². The monoisotopic (exact) mass is 357 g/mol. The molecule has 1 aliphatic heterocycles. The van der Waals surface area contributed by atoms with Crippen molar-refractivity contribution >= 4 is 28.5 Å². The molecule has 0 bridgehead atoms. The molecule has 1 atom stereocenters. The molecular formula is C20H27N3O3. The minimum atomic E-state index is -0.454. The fourth-order valence-electron chi connectivity index (χ4n) is 3.93. The minimum absolute atomic E-state index is 0.0972. The van der Waals surface area contributed by atoms with Crippen LogP contribution in [0.4, 0.5) is 5.69 Å². The molecule has 0 unspecified atom stereocenters. The Morgan fingerprint density at radius 1 is 1.35 bits per heavy atom. The van der Waals surface area contributed by atoms with Gasteiger partial charge in [0, 0.05) is 19.0 Å². The van der Waals surface area contributed by atoms with Gasteiger partial charge < -0.3 is 14.6 Å². The second-order valence-corrected chi connectivity index (χ2v) is 7.27. The van der Waals surface area contributed by atoms with Gasteiger partial charge in [-0.1, -0.05) is 19.1 Å². The Morgan fingerprint density at radius 3 is 2.81 bits per heavy atom. The van der Waals surface area contributed by atoms with E-state index in [1.807, 2.05) is 32.2 Å². The molecule has 0 radical (unpaired) electrons. The Kier molecular flexibility index (Phi) is 5.32. The van der Waals surface area contributed by atoms with Gasteiger partial charge in [0.1, 0.15) is 0 Å². The number of amides is 1. The van der Waals surface area contributed by atoms with Crippen molar-refractivity contribution in [3.8, 4) is 0 Å². The van der Waals surface area contributed by atoms with Crippen LogP contribution in [0.1, 0.15) is 35.8 Å². The average Bonchev–Trinajstić information content (AvgIpc) is 2.87. The molecule has 1 amide bonds. The van der Waals surface area contributed by atoms with Gasteiger partial charge in [-0.2, -0.15) is 0 Å².